The Labute approximate surface area is 152 Å². The number of anilines is 1. The Morgan fingerprint density at radius 2 is 1.92 bits per heavy atom. The van der Waals surface area contributed by atoms with Gasteiger partial charge in [-0.2, -0.15) is 3.89 Å². The highest BCUT2D eigenvalue weighted by atomic mass is 32.2. The van der Waals surface area contributed by atoms with Crippen molar-refractivity contribution < 1.29 is 8.62 Å². The smallest absolute Gasteiger partial charge is 0.119 e. The first-order valence-electron chi connectivity index (χ1n) is 7.76. The highest BCUT2D eigenvalue weighted by molar-refractivity contribution is 7.99. The first kappa shape index (κ1) is 19.0. The number of hydrogen-bond donors (Lipinski definition) is 1. The summed E-state index contributed by atoms with van der Waals surface area (Å²) in [6.07, 6.45) is 0.696. The lowest BCUT2D eigenvalue weighted by Gasteiger charge is -2.16. The number of ether oxygens (including phenoxy) is 1. The van der Waals surface area contributed by atoms with Gasteiger partial charge in [0, 0.05) is 39.9 Å². The van der Waals surface area contributed by atoms with E-state index < -0.39 is 0 Å². The fraction of sp³-hybridized carbons (Fsp3) is 0.333. The van der Waals surface area contributed by atoms with Crippen molar-refractivity contribution in [2.75, 3.05) is 32.2 Å². The molecule has 0 radical (unpaired) electrons. The predicted molar refractivity (Wildman–Crippen MR) is 102 cm³/mol. The van der Waals surface area contributed by atoms with Gasteiger partial charge in [0.05, 0.1) is 6.61 Å². The standard InChI is InChI=1S/C18H23FN2OS2/c1-21(2)13-14-12-15(22-10-5-11-23-19)8-9-17(14)24-18-7-4-3-6-16(18)20/h3-4,6-9,12H,5,10-11,13,20H2,1-2H3. The van der Waals surface area contributed by atoms with Gasteiger partial charge in [0.15, 0.2) is 0 Å². The first-order valence-corrected chi connectivity index (χ1v) is 9.46. The van der Waals surface area contributed by atoms with E-state index in [-0.39, 0.29) is 0 Å². The lowest BCUT2D eigenvalue weighted by molar-refractivity contribution is 0.317. The van der Waals surface area contributed by atoms with Crippen LogP contribution in [-0.2, 0) is 6.54 Å². The molecular formula is C18H23FN2OS2. The van der Waals surface area contributed by atoms with Crippen LogP contribution in [0.3, 0.4) is 0 Å². The molecule has 0 aliphatic heterocycles. The molecule has 0 unspecified atom stereocenters. The van der Waals surface area contributed by atoms with Crippen LogP contribution in [0.5, 0.6) is 5.75 Å². The van der Waals surface area contributed by atoms with Gasteiger partial charge in [0.1, 0.15) is 5.75 Å². The second-order valence-electron chi connectivity index (χ2n) is 5.66. The number of nitrogen functional groups attached to an aromatic ring is 1. The van der Waals surface area contributed by atoms with Crippen molar-refractivity contribution in [3.63, 3.8) is 0 Å². The minimum Gasteiger partial charge on any atom is -0.494 e. The summed E-state index contributed by atoms with van der Waals surface area (Å²) < 4.78 is 17.8. The molecule has 0 aliphatic rings. The molecule has 3 nitrogen and oxygen atoms in total. The lowest BCUT2D eigenvalue weighted by Crippen LogP contribution is -2.11. The Hall–Kier alpha value is -1.37. The van der Waals surface area contributed by atoms with Gasteiger partial charge in [0.25, 0.3) is 0 Å². The minimum atomic E-state index is 0.352. The summed E-state index contributed by atoms with van der Waals surface area (Å²) in [5.41, 5.74) is 8.02. The van der Waals surface area contributed by atoms with E-state index in [1.807, 2.05) is 44.4 Å². The summed E-state index contributed by atoms with van der Waals surface area (Å²) in [6.45, 7) is 1.34. The summed E-state index contributed by atoms with van der Waals surface area (Å²) in [6, 6.07) is 14.0. The van der Waals surface area contributed by atoms with Crippen LogP contribution in [0.2, 0.25) is 0 Å². The number of para-hydroxylation sites is 1. The molecule has 0 heterocycles. The maximum atomic E-state index is 12.1. The SMILES string of the molecule is CN(C)Cc1cc(OCCCSF)ccc1Sc1ccccc1N. The number of rotatable bonds is 9. The van der Waals surface area contributed by atoms with E-state index in [4.69, 9.17) is 10.5 Å². The third-order valence-corrected chi connectivity index (χ3v) is 4.94. The van der Waals surface area contributed by atoms with E-state index in [0.717, 1.165) is 27.8 Å². The minimum absolute atomic E-state index is 0.352. The normalized spacial score (nSPS) is 11.0. The van der Waals surface area contributed by atoms with Crippen LogP contribution >= 0.6 is 23.9 Å². The third-order valence-electron chi connectivity index (χ3n) is 3.29. The van der Waals surface area contributed by atoms with Gasteiger partial charge in [-0.1, -0.05) is 23.9 Å². The Morgan fingerprint density at radius 3 is 2.62 bits per heavy atom. The number of halogens is 1. The molecule has 0 saturated heterocycles. The monoisotopic (exact) mass is 366 g/mol. The van der Waals surface area contributed by atoms with Crippen molar-refractivity contribution in [2.24, 2.45) is 0 Å². The molecule has 0 spiro atoms. The summed E-state index contributed by atoms with van der Waals surface area (Å²) in [4.78, 5) is 4.33. The zero-order valence-electron chi connectivity index (χ0n) is 14.0. The average molecular weight is 367 g/mol. The Morgan fingerprint density at radius 1 is 1.12 bits per heavy atom. The van der Waals surface area contributed by atoms with Crippen LogP contribution < -0.4 is 10.5 Å². The van der Waals surface area contributed by atoms with Gasteiger partial charge < -0.3 is 15.4 Å². The van der Waals surface area contributed by atoms with E-state index in [1.165, 1.54) is 5.56 Å². The number of nitrogens with zero attached hydrogens (tertiary/aromatic N) is 1. The van der Waals surface area contributed by atoms with Crippen LogP contribution in [0.1, 0.15) is 12.0 Å². The third kappa shape index (κ3) is 5.92. The summed E-state index contributed by atoms with van der Waals surface area (Å²) in [5.74, 6) is 1.28. The molecule has 0 saturated carbocycles. The van der Waals surface area contributed by atoms with E-state index in [1.54, 1.807) is 11.8 Å². The summed E-state index contributed by atoms with van der Waals surface area (Å²) in [7, 11) is 4.08. The number of benzene rings is 2. The van der Waals surface area contributed by atoms with Crippen LogP contribution in [0.25, 0.3) is 0 Å². The zero-order valence-corrected chi connectivity index (χ0v) is 15.6. The van der Waals surface area contributed by atoms with Crippen molar-refractivity contribution in [3.05, 3.63) is 48.0 Å². The zero-order chi connectivity index (χ0) is 17.4. The number of nitrogens with two attached hydrogens (primary N) is 1. The van der Waals surface area contributed by atoms with Crippen LogP contribution in [0.15, 0.2) is 52.3 Å². The van der Waals surface area contributed by atoms with Crippen molar-refractivity contribution >= 4 is 29.6 Å². The highest BCUT2D eigenvalue weighted by Crippen LogP contribution is 2.35. The maximum Gasteiger partial charge on any atom is 0.119 e. The molecule has 2 aromatic carbocycles. The Balaban J connectivity index is 2.15. The van der Waals surface area contributed by atoms with Gasteiger partial charge in [0.2, 0.25) is 0 Å². The Kier molecular flexibility index (Phi) is 7.75. The van der Waals surface area contributed by atoms with Crippen LogP contribution in [-0.4, -0.2) is 31.4 Å². The molecule has 2 rings (SSSR count). The maximum absolute atomic E-state index is 12.1. The molecule has 0 fully saturated rings. The lowest BCUT2D eigenvalue weighted by atomic mass is 10.2. The second kappa shape index (κ2) is 9.81. The average Bonchev–Trinajstić information content (AvgIpc) is 2.55. The van der Waals surface area contributed by atoms with E-state index in [9.17, 15) is 3.89 Å². The van der Waals surface area contributed by atoms with Gasteiger partial charge in [-0.05, 0) is 56.4 Å². The van der Waals surface area contributed by atoms with Crippen LogP contribution in [0.4, 0.5) is 9.57 Å². The van der Waals surface area contributed by atoms with Crippen LogP contribution in [0, 0.1) is 0 Å². The van der Waals surface area contributed by atoms with Crippen molar-refractivity contribution in [1.29, 1.82) is 0 Å². The van der Waals surface area contributed by atoms with Crippen molar-refractivity contribution in [2.45, 2.75) is 22.8 Å². The predicted octanol–water partition coefficient (Wildman–Crippen LogP) is 4.87. The summed E-state index contributed by atoms with van der Waals surface area (Å²) in [5, 5.41) is 0. The summed E-state index contributed by atoms with van der Waals surface area (Å²) >= 11 is 2.01. The molecule has 2 N–H and O–H groups in total. The molecule has 0 bridgehead atoms. The molecule has 0 aliphatic carbocycles. The molecule has 24 heavy (non-hydrogen) atoms. The topological polar surface area (TPSA) is 38.5 Å². The Bertz CT molecular complexity index is 653. The van der Waals surface area contributed by atoms with Crippen molar-refractivity contribution in [3.8, 4) is 5.75 Å². The van der Waals surface area contributed by atoms with E-state index >= 15 is 0 Å². The molecule has 2 aromatic rings. The van der Waals surface area contributed by atoms with E-state index in [2.05, 4.69) is 17.0 Å². The van der Waals surface area contributed by atoms with Gasteiger partial charge in [-0.25, -0.2) is 0 Å². The molecular weight excluding hydrogens is 343 g/mol. The molecule has 0 aromatic heterocycles. The molecule has 130 valence electrons. The largest absolute Gasteiger partial charge is 0.494 e. The second-order valence-corrected chi connectivity index (χ2v) is 7.37. The van der Waals surface area contributed by atoms with Crippen molar-refractivity contribution in [1.82, 2.24) is 4.90 Å². The highest BCUT2D eigenvalue weighted by Gasteiger charge is 2.09. The fourth-order valence-electron chi connectivity index (χ4n) is 2.20. The van der Waals surface area contributed by atoms with Gasteiger partial charge >= 0.3 is 0 Å². The quantitative estimate of drug-likeness (QED) is 0.506. The van der Waals surface area contributed by atoms with Gasteiger partial charge in [-0.3, -0.25) is 0 Å². The van der Waals surface area contributed by atoms with E-state index in [0.29, 0.717) is 30.9 Å². The number of hydrogen-bond acceptors (Lipinski definition) is 5. The first-order chi connectivity index (χ1) is 11.6. The van der Waals surface area contributed by atoms with Gasteiger partial charge in [-0.15, -0.1) is 0 Å². The molecule has 0 amide bonds. The fourth-order valence-corrected chi connectivity index (χ4v) is 3.39. The molecule has 0 atom stereocenters. The molecule has 6 heteroatoms.